The molecule has 1 aliphatic heterocycles. The molecule has 172 valence electrons. The second-order valence-electron chi connectivity index (χ2n) is 8.29. The van der Waals surface area contributed by atoms with Crippen molar-refractivity contribution >= 4 is 23.2 Å². The second kappa shape index (κ2) is 10.5. The van der Waals surface area contributed by atoms with Crippen molar-refractivity contribution in [1.29, 1.82) is 0 Å². The maximum absolute atomic E-state index is 14.7. The van der Waals surface area contributed by atoms with Gasteiger partial charge in [0, 0.05) is 44.1 Å². The lowest BCUT2D eigenvalue weighted by Gasteiger charge is -2.32. The number of benzene rings is 2. The first-order chi connectivity index (χ1) is 16.1. The zero-order valence-electron chi connectivity index (χ0n) is 19.3. The lowest BCUT2D eigenvalue weighted by molar-refractivity contribution is -0.143. The summed E-state index contributed by atoms with van der Waals surface area (Å²) in [5, 5.41) is 0. The van der Waals surface area contributed by atoms with Crippen molar-refractivity contribution in [1.82, 2.24) is 4.98 Å². The van der Waals surface area contributed by atoms with Crippen LogP contribution in [0.25, 0.3) is 0 Å². The summed E-state index contributed by atoms with van der Waals surface area (Å²) in [7, 11) is 1.98. The Morgan fingerprint density at radius 1 is 1.15 bits per heavy atom. The van der Waals surface area contributed by atoms with Crippen molar-refractivity contribution in [3.05, 3.63) is 83.3 Å². The van der Waals surface area contributed by atoms with Crippen LogP contribution in [0.4, 0.5) is 21.6 Å². The average molecular weight is 448 g/mol. The van der Waals surface area contributed by atoms with Gasteiger partial charge in [-0.15, -0.1) is 0 Å². The quantitative estimate of drug-likeness (QED) is 0.431. The summed E-state index contributed by atoms with van der Waals surface area (Å²) in [5.41, 5.74) is 5.10. The molecule has 2 aromatic carbocycles. The molecule has 0 saturated heterocycles. The summed E-state index contributed by atoms with van der Waals surface area (Å²) in [5.74, 6) is 0.371. The number of rotatable bonds is 8. The lowest BCUT2D eigenvalue weighted by atomic mass is 9.95. The van der Waals surface area contributed by atoms with Gasteiger partial charge in [0.2, 0.25) is 0 Å². The fourth-order valence-electron chi connectivity index (χ4n) is 4.39. The van der Waals surface area contributed by atoms with Crippen LogP contribution in [0, 0.1) is 5.82 Å². The van der Waals surface area contributed by atoms with Crippen LogP contribution in [0.5, 0.6) is 0 Å². The van der Waals surface area contributed by atoms with Crippen molar-refractivity contribution in [2.75, 3.05) is 30.0 Å². The number of nitrogens with zero attached hydrogens (tertiary/aromatic N) is 3. The van der Waals surface area contributed by atoms with Crippen molar-refractivity contribution in [3.8, 4) is 0 Å². The standard InChI is InChI=1S/C27H30FN3O2/c1-3-33-27(32)15-13-20-12-14-22(18-24(20)28)30(2)19-21-8-6-10-25-23(21)9-7-17-31(25)26-11-4-5-16-29-26/h4-6,8,10-12,14,16,18H,3,7,9,13,15,17,19H2,1-2H3. The van der Waals surface area contributed by atoms with Crippen molar-refractivity contribution in [2.45, 2.75) is 39.2 Å². The van der Waals surface area contributed by atoms with Crippen molar-refractivity contribution < 1.29 is 13.9 Å². The molecule has 0 atom stereocenters. The zero-order valence-corrected chi connectivity index (χ0v) is 19.3. The molecule has 0 spiro atoms. The number of aromatic nitrogens is 1. The van der Waals surface area contributed by atoms with Gasteiger partial charge in [0.1, 0.15) is 11.6 Å². The molecule has 6 heteroatoms. The van der Waals surface area contributed by atoms with Gasteiger partial charge in [-0.25, -0.2) is 9.37 Å². The van der Waals surface area contributed by atoms with E-state index >= 15 is 0 Å². The molecule has 0 radical (unpaired) electrons. The van der Waals surface area contributed by atoms with Gasteiger partial charge in [0.05, 0.1) is 6.61 Å². The Labute approximate surface area is 194 Å². The summed E-state index contributed by atoms with van der Waals surface area (Å²) in [6.07, 6.45) is 4.43. The van der Waals surface area contributed by atoms with Crippen LogP contribution < -0.4 is 9.80 Å². The monoisotopic (exact) mass is 447 g/mol. The van der Waals surface area contributed by atoms with Gasteiger partial charge in [0.15, 0.2) is 0 Å². The van der Waals surface area contributed by atoms with E-state index in [1.807, 2.05) is 37.5 Å². The molecule has 1 aromatic heterocycles. The highest BCUT2D eigenvalue weighted by Crippen LogP contribution is 2.35. The van der Waals surface area contributed by atoms with Gasteiger partial charge >= 0.3 is 5.97 Å². The van der Waals surface area contributed by atoms with Gasteiger partial charge in [-0.2, -0.15) is 0 Å². The number of carbonyl (C=O) groups is 1. The molecule has 33 heavy (non-hydrogen) atoms. The maximum Gasteiger partial charge on any atom is 0.306 e. The highest BCUT2D eigenvalue weighted by atomic mass is 19.1. The number of hydrogen-bond donors (Lipinski definition) is 0. The molecule has 2 heterocycles. The number of aryl methyl sites for hydroxylation is 1. The summed E-state index contributed by atoms with van der Waals surface area (Å²) in [6, 6.07) is 17.6. The van der Waals surface area contributed by atoms with E-state index in [9.17, 15) is 9.18 Å². The van der Waals surface area contributed by atoms with Crippen LogP contribution in [0.15, 0.2) is 60.8 Å². The summed E-state index contributed by atoms with van der Waals surface area (Å²) in [6.45, 7) is 3.74. The normalized spacial score (nSPS) is 12.9. The predicted octanol–water partition coefficient (Wildman–Crippen LogP) is 5.44. The van der Waals surface area contributed by atoms with E-state index in [2.05, 4.69) is 33.0 Å². The van der Waals surface area contributed by atoms with E-state index < -0.39 is 0 Å². The van der Waals surface area contributed by atoms with Crippen LogP contribution in [-0.2, 0) is 28.9 Å². The molecule has 0 saturated carbocycles. The van der Waals surface area contributed by atoms with Gasteiger partial charge in [-0.3, -0.25) is 4.79 Å². The molecule has 0 N–H and O–H groups in total. The van der Waals surface area contributed by atoms with E-state index in [0.29, 0.717) is 25.1 Å². The molecular weight excluding hydrogens is 417 g/mol. The number of ether oxygens (including phenoxy) is 1. The van der Waals surface area contributed by atoms with Crippen LogP contribution in [0.1, 0.15) is 36.5 Å². The van der Waals surface area contributed by atoms with Gasteiger partial charge in [0.25, 0.3) is 0 Å². The van der Waals surface area contributed by atoms with E-state index in [1.54, 1.807) is 19.1 Å². The molecule has 0 aliphatic carbocycles. The highest BCUT2D eigenvalue weighted by Gasteiger charge is 2.22. The first-order valence-corrected chi connectivity index (χ1v) is 11.5. The fourth-order valence-corrected chi connectivity index (χ4v) is 4.39. The van der Waals surface area contributed by atoms with Crippen LogP contribution in [-0.4, -0.2) is 31.2 Å². The SMILES string of the molecule is CCOC(=O)CCc1ccc(N(C)Cc2cccc3c2CCCN3c2ccccn2)cc1F. The molecule has 3 aromatic rings. The van der Waals surface area contributed by atoms with E-state index in [4.69, 9.17) is 4.74 Å². The largest absolute Gasteiger partial charge is 0.466 e. The number of esters is 1. The fraction of sp³-hybridized carbons (Fsp3) is 0.333. The third kappa shape index (κ3) is 5.33. The second-order valence-corrected chi connectivity index (χ2v) is 8.29. The summed E-state index contributed by atoms with van der Waals surface area (Å²) in [4.78, 5) is 20.5. The minimum Gasteiger partial charge on any atom is -0.466 e. The Morgan fingerprint density at radius 2 is 2.03 bits per heavy atom. The third-order valence-corrected chi connectivity index (χ3v) is 6.06. The molecular formula is C27H30FN3O2. The van der Waals surface area contributed by atoms with Gasteiger partial charge in [-0.1, -0.05) is 24.3 Å². The summed E-state index contributed by atoms with van der Waals surface area (Å²) >= 11 is 0. The Balaban J connectivity index is 1.50. The number of fused-ring (bicyclic) bond motifs is 1. The number of hydrogen-bond acceptors (Lipinski definition) is 5. The summed E-state index contributed by atoms with van der Waals surface area (Å²) < 4.78 is 19.6. The minimum absolute atomic E-state index is 0.183. The molecule has 5 nitrogen and oxygen atoms in total. The van der Waals surface area contributed by atoms with Crippen molar-refractivity contribution in [3.63, 3.8) is 0 Å². The van der Waals surface area contributed by atoms with Gasteiger partial charge in [-0.05, 0) is 73.2 Å². The lowest BCUT2D eigenvalue weighted by Crippen LogP contribution is -2.27. The first-order valence-electron chi connectivity index (χ1n) is 11.5. The van der Waals surface area contributed by atoms with Crippen LogP contribution in [0.2, 0.25) is 0 Å². The molecule has 0 bridgehead atoms. The van der Waals surface area contributed by atoms with Crippen molar-refractivity contribution in [2.24, 2.45) is 0 Å². The zero-order chi connectivity index (χ0) is 23.2. The number of halogens is 1. The van der Waals surface area contributed by atoms with E-state index in [1.165, 1.54) is 16.8 Å². The van der Waals surface area contributed by atoms with Crippen LogP contribution >= 0.6 is 0 Å². The Hall–Kier alpha value is -3.41. The Bertz CT molecular complexity index is 1100. The smallest absolute Gasteiger partial charge is 0.306 e. The molecule has 1 aliphatic rings. The molecule has 4 rings (SSSR count). The average Bonchev–Trinajstić information content (AvgIpc) is 2.84. The van der Waals surface area contributed by atoms with E-state index in [0.717, 1.165) is 30.9 Å². The molecule has 0 amide bonds. The number of carbonyl (C=O) groups excluding carboxylic acids is 1. The van der Waals surface area contributed by atoms with Crippen LogP contribution in [0.3, 0.4) is 0 Å². The third-order valence-electron chi connectivity index (χ3n) is 6.06. The number of pyridine rings is 1. The molecule has 0 unspecified atom stereocenters. The minimum atomic E-state index is -0.299. The Kier molecular flexibility index (Phi) is 7.23. The van der Waals surface area contributed by atoms with E-state index in [-0.39, 0.29) is 18.2 Å². The topological polar surface area (TPSA) is 45.7 Å². The predicted molar refractivity (Wildman–Crippen MR) is 129 cm³/mol. The molecule has 0 fully saturated rings. The maximum atomic E-state index is 14.7. The van der Waals surface area contributed by atoms with Gasteiger partial charge < -0.3 is 14.5 Å². The first kappa shape index (κ1) is 22.8. The number of anilines is 3. The highest BCUT2D eigenvalue weighted by molar-refractivity contribution is 5.70. The Morgan fingerprint density at radius 3 is 2.79 bits per heavy atom.